The zero-order valence-electron chi connectivity index (χ0n) is 69.4. The number of para-hydroxylation sites is 6. The second-order valence-corrected chi connectivity index (χ2v) is 33.8. The van der Waals surface area contributed by atoms with E-state index in [4.69, 9.17) is 58.1 Å². The average molecular weight is 1650 g/mol. The molecule has 15 heteroatoms. The first-order valence-corrected chi connectivity index (χ1v) is 43.3. The molecule has 0 bridgehead atoms. The molecule has 0 radical (unpaired) electrons. The maximum atomic E-state index is 7.42. The molecule has 9 aromatic heterocycles. The minimum Gasteiger partial charge on any atom is -0.455 e. The summed E-state index contributed by atoms with van der Waals surface area (Å²) in [6.07, 6.45) is 0. The topological polar surface area (TPSA) is 170 Å². The summed E-state index contributed by atoms with van der Waals surface area (Å²) < 4.78 is 27.9. The molecule has 0 fully saturated rings. The van der Waals surface area contributed by atoms with Crippen LogP contribution in [0.15, 0.2) is 389 Å². The summed E-state index contributed by atoms with van der Waals surface area (Å²) in [6.45, 7) is 4.65. The van der Waals surface area contributed by atoms with Gasteiger partial charge in [-0.05, 0) is 123 Å². The van der Waals surface area contributed by atoms with Crippen LogP contribution in [0.5, 0.6) is 0 Å². The van der Waals surface area contributed by atoms with E-state index in [1.807, 2.05) is 121 Å². The minimum absolute atomic E-state index is 0.427. The summed E-state index contributed by atoms with van der Waals surface area (Å²) in [5.41, 5.74) is 26.3. The summed E-state index contributed by atoms with van der Waals surface area (Å²) in [5.74, 6) is 4.93. The molecule has 0 spiro atoms. The first kappa shape index (κ1) is 72.1. The number of nitrogens with zero attached hydrogens (tertiary/aromatic N) is 12. The summed E-state index contributed by atoms with van der Waals surface area (Å²) in [4.78, 5) is 47.5. The highest BCUT2D eigenvalue weighted by molar-refractivity contribution is 6.27. The van der Waals surface area contributed by atoms with Crippen LogP contribution in [0.1, 0.15) is 25.0 Å². The molecule has 26 aromatic rings. The Hall–Kier alpha value is -17.4. The molecule has 0 saturated heterocycles. The summed E-state index contributed by atoms with van der Waals surface area (Å²) >= 11 is 0. The Morgan fingerprint density at radius 1 is 0.194 bits per heavy atom. The van der Waals surface area contributed by atoms with Gasteiger partial charge in [-0.2, -0.15) is 29.9 Å². The lowest BCUT2D eigenvalue weighted by Gasteiger charge is -2.22. The van der Waals surface area contributed by atoms with Crippen molar-refractivity contribution in [2.45, 2.75) is 19.3 Å². The van der Waals surface area contributed by atoms with Crippen molar-refractivity contribution in [3.63, 3.8) is 0 Å². The smallest absolute Gasteiger partial charge is 0.238 e. The van der Waals surface area contributed by atoms with E-state index in [1.165, 1.54) is 22.3 Å². The Kier molecular flexibility index (Phi) is 15.5. The maximum Gasteiger partial charge on any atom is 0.238 e. The highest BCUT2D eigenvalue weighted by Gasteiger charge is 2.37. The quantitative estimate of drug-likeness (QED) is 0.114. The molecule has 0 aliphatic heterocycles. The van der Waals surface area contributed by atoms with Crippen LogP contribution in [0.2, 0.25) is 0 Å². The SMILES string of the molecule is CC1(C)c2cc(-c3nc(-c4ccccc4)nc(-n4c5ccccc5c5c6oc7ccccc7c6ccc54)n3)ccc2-c2ccc(-c3cccc4c3oc3c4ccc4c3c3ccccc3n4-c3nc(-c4ccccc4)nc(-c4ccc(-c5cccc(-c6cccc7c6oc6c7ccc7c6c6ccccc6n7-c6nc(-c7ccccc7)nc(-c7ccccc7)n6)c5)cc4)n3)cc21. The highest BCUT2D eigenvalue weighted by Crippen LogP contribution is 2.53. The number of rotatable bonds is 12. The molecule has 1 aliphatic carbocycles. The number of fused-ring (bicyclic) bond motifs is 24. The number of aromatic nitrogens is 12. The van der Waals surface area contributed by atoms with Crippen LogP contribution in [-0.4, -0.2) is 58.6 Å². The Labute approximate surface area is 735 Å². The lowest BCUT2D eigenvalue weighted by molar-refractivity contribution is 0.660. The van der Waals surface area contributed by atoms with Crippen LogP contribution < -0.4 is 0 Å². The predicted molar refractivity (Wildman–Crippen MR) is 518 cm³/mol. The molecule has 0 saturated carbocycles. The largest absolute Gasteiger partial charge is 0.455 e. The van der Waals surface area contributed by atoms with Crippen LogP contribution in [0.25, 0.3) is 262 Å². The predicted octanol–water partition coefficient (Wildman–Crippen LogP) is 28.5. The maximum absolute atomic E-state index is 7.42. The van der Waals surface area contributed by atoms with Crippen molar-refractivity contribution in [1.82, 2.24) is 58.6 Å². The molecule has 0 unspecified atom stereocenters. The molecule has 1 aliphatic rings. The summed E-state index contributed by atoms with van der Waals surface area (Å²) in [5, 5.41) is 12.3. The van der Waals surface area contributed by atoms with Gasteiger partial charge in [0.15, 0.2) is 34.9 Å². The lowest BCUT2D eigenvalue weighted by atomic mass is 9.81. The molecule has 27 rings (SSSR count). The normalized spacial score (nSPS) is 12.6. The van der Waals surface area contributed by atoms with E-state index < -0.39 is 5.41 Å². The fourth-order valence-corrected chi connectivity index (χ4v) is 20.2. The van der Waals surface area contributed by atoms with Gasteiger partial charge in [-0.1, -0.05) is 311 Å². The van der Waals surface area contributed by atoms with E-state index >= 15 is 0 Å². The van der Waals surface area contributed by atoms with Gasteiger partial charge in [-0.15, -0.1) is 0 Å². The van der Waals surface area contributed by atoms with Gasteiger partial charge in [0.05, 0.1) is 49.3 Å². The molecule has 602 valence electrons. The Morgan fingerprint density at radius 3 is 0.938 bits per heavy atom. The molecule has 0 atom stereocenters. The standard InChI is InChI=1S/C114H68N12O3/c1-114(2)88-63-73(52-54-77(88)78-55-53-74(64-89(78)114)110-117-108(69-32-13-6-14-33-69)121-113(123-110)124-90-44-19-15-37-85(90)97-93(124)59-56-82-79-36-18-22-47-96(79)127-102(82)97)76-41-25-43-81-84-58-61-95-99(104(84)129-101(76)81)87-39-17-21-46-92(87)126(95)112-120-107(68-30-11-5-12-31-68)116-109(122-112)70-50-48-65(49-51-70)71-34-23-35-72(62-71)75-40-24-42-80-83-57-60-94-98(103(83)128-100(75)80)86-38-16-20-45-91(86)125(94)111-118-105(66-26-7-3-8-27-66)115-106(119-111)67-28-9-4-10-29-67/h3-64H,1-2H3. The fourth-order valence-electron chi connectivity index (χ4n) is 20.2. The van der Waals surface area contributed by atoms with Gasteiger partial charge < -0.3 is 13.3 Å². The van der Waals surface area contributed by atoms with Crippen LogP contribution in [0.4, 0.5) is 0 Å². The van der Waals surface area contributed by atoms with E-state index in [9.17, 15) is 0 Å². The van der Waals surface area contributed by atoms with Gasteiger partial charge in [-0.25, -0.2) is 15.0 Å². The van der Waals surface area contributed by atoms with Gasteiger partial charge in [-0.3, -0.25) is 13.7 Å². The van der Waals surface area contributed by atoms with Crippen molar-refractivity contribution in [3.8, 4) is 131 Å². The van der Waals surface area contributed by atoms with Crippen molar-refractivity contribution in [2.75, 3.05) is 0 Å². The number of benzene rings is 17. The van der Waals surface area contributed by atoms with E-state index in [0.29, 0.717) is 52.8 Å². The molecule has 15 nitrogen and oxygen atoms in total. The molecule has 129 heavy (non-hydrogen) atoms. The molecule has 0 N–H and O–H groups in total. The Bertz CT molecular complexity index is 9170. The van der Waals surface area contributed by atoms with Crippen LogP contribution in [0.3, 0.4) is 0 Å². The van der Waals surface area contributed by atoms with Crippen LogP contribution in [-0.2, 0) is 5.41 Å². The molecular formula is C114H68N12O3. The summed E-state index contributed by atoms with van der Waals surface area (Å²) in [6, 6.07) is 131. The van der Waals surface area contributed by atoms with Gasteiger partial charge in [0, 0.05) is 98.4 Å². The van der Waals surface area contributed by atoms with Crippen molar-refractivity contribution < 1.29 is 13.3 Å². The van der Waals surface area contributed by atoms with Gasteiger partial charge in [0.25, 0.3) is 0 Å². The van der Waals surface area contributed by atoms with Gasteiger partial charge in [0.1, 0.15) is 33.5 Å². The van der Waals surface area contributed by atoms with E-state index in [1.54, 1.807) is 0 Å². The van der Waals surface area contributed by atoms with Crippen molar-refractivity contribution in [2.24, 2.45) is 0 Å². The second-order valence-electron chi connectivity index (χ2n) is 33.8. The highest BCUT2D eigenvalue weighted by atomic mass is 16.3. The Morgan fingerprint density at radius 2 is 0.496 bits per heavy atom. The average Bonchev–Trinajstić information content (AvgIpc) is 1.57. The monoisotopic (exact) mass is 1650 g/mol. The van der Waals surface area contributed by atoms with Crippen LogP contribution >= 0.6 is 0 Å². The second kappa shape index (κ2) is 27.8. The number of furan rings is 3. The summed E-state index contributed by atoms with van der Waals surface area (Å²) in [7, 11) is 0. The first-order valence-electron chi connectivity index (χ1n) is 43.3. The first-order chi connectivity index (χ1) is 63.7. The minimum atomic E-state index is -0.427. The number of hydrogen-bond acceptors (Lipinski definition) is 12. The molecular weight excluding hydrogens is 1590 g/mol. The zero-order chi connectivity index (χ0) is 84.8. The Balaban J connectivity index is 0.523. The van der Waals surface area contributed by atoms with Crippen molar-refractivity contribution in [1.29, 1.82) is 0 Å². The third-order valence-corrected chi connectivity index (χ3v) is 26.3. The van der Waals surface area contributed by atoms with Gasteiger partial charge in [0.2, 0.25) is 17.8 Å². The van der Waals surface area contributed by atoms with Gasteiger partial charge >= 0.3 is 0 Å². The van der Waals surface area contributed by atoms with Crippen molar-refractivity contribution >= 4 is 131 Å². The van der Waals surface area contributed by atoms with E-state index in [0.717, 1.165) is 198 Å². The van der Waals surface area contributed by atoms with Crippen LogP contribution in [0, 0.1) is 0 Å². The van der Waals surface area contributed by atoms with E-state index in [2.05, 4.69) is 282 Å². The molecule has 9 heterocycles. The fraction of sp³-hybridized carbons (Fsp3) is 0.0263. The third kappa shape index (κ3) is 11.0. The van der Waals surface area contributed by atoms with Crippen molar-refractivity contribution in [3.05, 3.63) is 387 Å². The molecule has 0 amide bonds. The number of hydrogen-bond donors (Lipinski definition) is 0. The van der Waals surface area contributed by atoms with E-state index in [-0.39, 0.29) is 0 Å². The lowest BCUT2D eigenvalue weighted by Crippen LogP contribution is -2.15. The third-order valence-electron chi connectivity index (χ3n) is 26.3. The molecule has 17 aromatic carbocycles. The zero-order valence-corrected chi connectivity index (χ0v) is 69.4.